The quantitative estimate of drug-likeness (QED) is 0.677. The lowest BCUT2D eigenvalue weighted by molar-refractivity contribution is -0.0888. The van der Waals surface area contributed by atoms with Crippen molar-refractivity contribution in [2.24, 2.45) is 23.7 Å². The fourth-order valence-electron chi connectivity index (χ4n) is 4.57. The Hall–Kier alpha value is -1.75. The summed E-state index contributed by atoms with van der Waals surface area (Å²) in [6.45, 7) is 0. The monoisotopic (exact) mass is 292 g/mol. The predicted octanol–water partition coefficient (Wildman–Crippen LogP) is 4.27. The molecule has 4 rings (SSSR count). The number of alkyl halides is 3. The molecule has 5 heteroatoms. The lowest BCUT2D eigenvalue weighted by atomic mass is 9.54. The maximum Gasteiger partial charge on any atom is 0.418 e. The van der Waals surface area contributed by atoms with Crippen LogP contribution in [0.2, 0.25) is 0 Å². The molecule has 21 heavy (non-hydrogen) atoms. The Bertz CT molecular complexity index is 552. The van der Waals surface area contributed by atoms with Crippen LogP contribution in [0.1, 0.15) is 32.1 Å². The molecule has 0 radical (unpaired) electrons. The Labute approximate surface area is 121 Å². The molecule has 110 valence electrons. The Balaban J connectivity index is 2.02. The second-order valence-electron chi connectivity index (χ2n) is 6.46. The van der Waals surface area contributed by atoms with Gasteiger partial charge in [0, 0.05) is 0 Å². The first-order valence-electron chi connectivity index (χ1n) is 7.25. The van der Waals surface area contributed by atoms with Crippen molar-refractivity contribution in [3.8, 4) is 12.1 Å². The Morgan fingerprint density at radius 3 is 1.81 bits per heavy atom. The molecule has 4 aliphatic rings. The Kier molecular flexibility index (Phi) is 3.32. The van der Waals surface area contributed by atoms with Gasteiger partial charge in [0.05, 0.1) is 5.57 Å². The molecule has 0 N–H and O–H groups in total. The predicted molar refractivity (Wildman–Crippen MR) is 69.4 cm³/mol. The van der Waals surface area contributed by atoms with Crippen LogP contribution in [0.25, 0.3) is 0 Å². The van der Waals surface area contributed by atoms with Gasteiger partial charge >= 0.3 is 6.18 Å². The van der Waals surface area contributed by atoms with Crippen molar-refractivity contribution >= 4 is 0 Å². The minimum atomic E-state index is -4.65. The zero-order chi connectivity index (χ0) is 15.2. The minimum absolute atomic E-state index is 0.220. The van der Waals surface area contributed by atoms with Gasteiger partial charge < -0.3 is 0 Å². The van der Waals surface area contributed by atoms with Crippen LogP contribution in [0, 0.1) is 46.3 Å². The molecule has 0 aromatic carbocycles. The van der Waals surface area contributed by atoms with Gasteiger partial charge in [-0.15, -0.1) is 0 Å². The van der Waals surface area contributed by atoms with Crippen LogP contribution in [0.3, 0.4) is 0 Å². The van der Waals surface area contributed by atoms with E-state index in [0.717, 1.165) is 37.3 Å². The molecule has 0 aromatic heterocycles. The summed E-state index contributed by atoms with van der Waals surface area (Å²) in [6, 6.07) is 2.77. The van der Waals surface area contributed by atoms with Crippen LogP contribution < -0.4 is 0 Å². The van der Waals surface area contributed by atoms with E-state index in [9.17, 15) is 13.2 Å². The van der Waals surface area contributed by atoms with Crippen LogP contribution in [0.15, 0.2) is 22.8 Å². The van der Waals surface area contributed by atoms with Crippen molar-refractivity contribution in [3.63, 3.8) is 0 Å². The van der Waals surface area contributed by atoms with E-state index in [2.05, 4.69) is 0 Å². The molecule has 4 aliphatic carbocycles. The van der Waals surface area contributed by atoms with E-state index in [1.807, 2.05) is 0 Å². The molecule has 4 fully saturated rings. The topological polar surface area (TPSA) is 47.6 Å². The van der Waals surface area contributed by atoms with Crippen molar-refractivity contribution in [3.05, 3.63) is 22.8 Å². The van der Waals surface area contributed by atoms with Gasteiger partial charge in [0.15, 0.2) is 0 Å². The van der Waals surface area contributed by atoms with Crippen molar-refractivity contribution in [1.82, 2.24) is 0 Å². The van der Waals surface area contributed by atoms with Crippen molar-refractivity contribution in [2.75, 3.05) is 0 Å². The van der Waals surface area contributed by atoms with Gasteiger partial charge in [-0.1, -0.05) is 5.57 Å². The van der Waals surface area contributed by atoms with Crippen LogP contribution in [0.4, 0.5) is 13.2 Å². The summed E-state index contributed by atoms with van der Waals surface area (Å²) in [7, 11) is 0. The maximum atomic E-state index is 13.2. The van der Waals surface area contributed by atoms with Gasteiger partial charge in [0.1, 0.15) is 17.7 Å². The average Bonchev–Trinajstić information content (AvgIpc) is 2.39. The normalized spacial score (nSPS) is 33.3. The number of nitriles is 2. The smallest absolute Gasteiger partial charge is 0.192 e. The fraction of sp³-hybridized carbons (Fsp3) is 0.625. The van der Waals surface area contributed by atoms with E-state index in [4.69, 9.17) is 10.5 Å². The first-order valence-corrected chi connectivity index (χ1v) is 7.25. The zero-order valence-corrected chi connectivity index (χ0v) is 11.5. The molecule has 0 unspecified atom stereocenters. The third-order valence-corrected chi connectivity index (χ3v) is 5.19. The molecule has 4 bridgehead atoms. The summed E-state index contributed by atoms with van der Waals surface area (Å²) in [4.78, 5) is 0. The molecule has 2 nitrogen and oxygen atoms in total. The van der Waals surface area contributed by atoms with Crippen LogP contribution in [-0.4, -0.2) is 6.18 Å². The molecule has 0 atom stereocenters. The zero-order valence-electron chi connectivity index (χ0n) is 11.5. The van der Waals surface area contributed by atoms with E-state index in [1.165, 1.54) is 18.6 Å². The third kappa shape index (κ3) is 2.46. The lowest BCUT2D eigenvalue weighted by Gasteiger charge is -2.51. The molecule has 0 spiro atoms. The van der Waals surface area contributed by atoms with Crippen molar-refractivity contribution in [2.45, 2.75) is 38.3 Å². The Morgan fingerprint density at radius 1 is 0.952 bits per heavy atom. The summed E-state index contributed by atoms with van der Waals surface area (Å²) >= 11 is 0. The average molecular weight is 292 g/mol. The summed E-state index contributed by atoms with van der Waals surface area (Å²) in [5.74, 6) is 1.76. The summed E-state index contributed by atoms with van der Waals surface area (Å²) in [5.41, 5.74) is -1.06. The van der Waals surface area contributed by atoms with Crippen molar-refractivity contribution < 1.29 is 13.2 Å². The van der Waals surface area contributed by atoms with E-state index in [-0.39, 0.29) is 11.8 Å². The van der Waals surface area contributed by atoms with E-state index in [1.54, 1.807) is 0 Å². The summed E-state index contributed by atoms with van der Waals surface area (Å²) in [6.07, 6.45) is 1.58. The lowest BCUT2D eigenvalue weighted by Crippen LogP contribution is -2.40. The maximum absolute atomic E-state index is 13.2. The molecule has 0 saturated heterocycles. The number of allylic oxidation sites excluding steroid dienone is 4. The van der Waals surface area contributed by atoms with E-state index in [0.29, 0.717) is 11.8 Å². The second kappa shape index (κ2) is 4.91. The minimum Gasteiger partial charge on any atom is -0.192 e. The third-order valence-electron chi connectivity index (χ3n) is 5.19. The second-order valence-corrected chi connectivity index (χ2v) is 6.46. The highest BCUT2D eigenvalue weighted by Crippen LogP contribution is 2.56. The first kappa shape index (κ1) is 14.2. The standard InChI is InChI=1S/C16H15F3N2/c17-16(18,19)15(13(7-20)8-21)6-14-11-2-9-1-10(4-11)5-12(14)3-9/h6,9-12H,1-5H2. The molecule has 0 heterocycles. The van der Waals surface area contributed by atoms with E-state index < -0.39 is 17.3 Å². The molecular weight excluding hydrogens is 277 g/mol. The highest BCUT2D eigenvalue weighted by Gasteiger charge is 2.46. The number of rotatable bonds is 1. The van der Waals surface area contributed by atoms with Gasteiger partial charge in [0.2, 0.25) is 0 Å². The van der Waals surface area contributed by atoms with Gasteiger partial charge in [-0.25, -0.2) is 0 Å². The fourth-order valence-corrected chi connectivity index (χ4v) is 4.57. The van der Waals surface area contributed by atoms with Gasteiger partial charge in [-0.3, -0.25) is 0 Å². The van der Waals surface area contributed by atoms with Crippen LogP contribution >= 0.6 is 0 Å². The molecule has 0 aliphatic heterocycles. The first-order chi connectivity index (χ1) is 9.92. The summed E-state index contributed by atoms with van der Waals surface area (Å²) < 4.78 is 39.5. The van der Waals surface area contributed by atoms with Crippen LogP contribution in [-0.2, 0) is 0 Å². The SMILES string of the molecule is N#CC(C#N)=C(C=C1C2CC3CC(C2)CC1C3)C(F)(F)F. The van der Waals surface area contributed by atoms with Crippen molar-refractivity contribution in [1.29, 1.82) is 10.5 Å². The molecule has 0 aromatic rings. The highest BCUT2D eigenvalue weighted by molar-refractivity contribution is 5.48. The van der Waals surface area contributed by atoms with Gasteiger partial charge in [0.25, 0.3) is 0 Å². The number of hydrogen-bond acceptors (Lipinski definition) is 2. The van der Waals surface area contributed by atoms with Crippen LogP contribution in [0.5, 0.6) is 0 Å². The van der Waals surface area contributed by atoms with Gasteiger partial charge in [-0.2, -0.15) is 23.7 Å². The summed E-state index contributed by atoms with van der Waals surface area (Å²) in [5, 5.41) is 17.6. The number of halogens is 3. The van der Waals surface area contributed by atoms with E-state index >= 15 is 0 Å². The number of hydrogen-bond donors (Lipinski definition) is 0. The molecule has 0 amide bonds. The molecule has 4 saturated carbocycles. The van der Waals surface area contributed by atoms with Gasteiger partial charge in [-0.05, 0) is 61.9 Å². The Morgan fingerprint density at radius 2 is 1.43 bits per heavy atom. The number of nitrogens with zero attached hydrogens (tertiary/aromatic N) is 2. The largest absolute Gasteiger partial charge is 0.418 e. The molecular formula is C16H15F3N2. The highest BCUT2D eigenvalue weighted by atomic mass is 19.4.